The van der Waals surface area contributed by atoms with Crippen LogP contribution >= 0.6 is 0 Å². The lowest BCUT2D eigenvalue weighted by atomic mass is 10.1. The van der Waals surface area contributed by atoms with Gasteiger partial charge in [-0.05, 0) is 30.9 Å². The first-order valence-corrected chi connectivity index (χ1v) is 7.71. The lowest BCUT2D eigenvalue weighted by Crippen LogP contribution is -2.28. The molecule has 0 bridgehead atoms. The monoisotopic (exact) mass is 284 g/mol. The number of nitro groups is 1. The van der Waals surface area contributed by atoms with Gasteiger partial charge in [-0.1, -0.05) is 12.8 Å². The van der Waals surface area contributed by atoms with E-state index in [9.17, 15) is 18.5 Å². The first-order chi connectivity index (χ1) is 8.99. The molecule has 0 atom stereocenters. The number of rotatable bonds is 5. The van der Waals surface area contributed by atoms with Crippen LogP contribution in [0.3, 0.4) is 0 Å². The molecular weight excluding hydrogens is 268 g/mol. The summed E-state index contributed by atoms with van der Waals surface area (Å²) in [5.74, 6) is 0.410. The van der Waals surface area contributed by atoms with Gasteiger partial charge < -0.3 is 0 Å². The van der Waals surface area contributed by atoms with Crippen molar-refractivity contribution in [3.05, 3.63) is 34.4 Å². The van der Waals surface area contributed by atoms with Crippen LogP contribution in [0.25, 0.3) is 0 Å². The SMILES string of the molecule is O=[N+]([O-])c1ccc(S(=O)(=O)NCC2CCCC2)cc1. The molecule has 0 amide bonds. The maximum atomic E-state index is 12.0. The Balaban J connectivity index is 2.03. The summed E-state index contributed by atoms with van der Waals surface area (Å²) in [6.45, 7) is 0.444. The largest absolute Gasteiger partial charge is 0.269 e. The topological polar surface area (TPSA) is 89.3 Å². The van der Waals surface area contributed by atoms with Gasteiger partial charge >= 0.3 is 0 Å². The van der Waals surface area contributed by atoms with E-state index in [2.05, 4.69) is 4.72 Å². The molecule has 1 aliphatic rings. The first kappa shape index (κ1) is 14.0. The molecule has 104 valence electrons. The van der Waals surface area contributed by atoms with Crippen LogP contribution in [-0.4, -0.2) is 19.9 Å². The van der Waals surface area contributed by atoms with Crippen molar-refractivity contribution in [1.29, 1.82) is 0 Å². The van der Waals surface area contributed by atoms with Gasteiger partial charge in [-0.15, -0.1) is 0 Å². The van der Waals surface area contributed by atoms with E-state index in [0.717, 1.165) is 25.7 Å². The molecule has 2 rings (SSSR count). The summed E-state index contributed by atoms with van der Waals surface area (Å²) in [4.78, 5) is 10.0. The molecule has 1 saturated carbocycles. The number of nitrogens with one attached hydrogen (secondary N) is 1. The second kappa shape index (κ2) is 5.66. The van der Waals surface area contributed by atoms with Crippen LogP contribution in [0, 0.1) is 16.0 Å². The minimum Gasteiger partial charge on any atom is -0.258 e. The number of nitro benzene ring substituents is 1. The summed E-state index contributed by atoms with van der Waals surface area (Å²) in [6.07, 6.45) is 4.43. The zero-order valence-electron chi connectivity index (χ0n) is 10.4. The molecular formula is C12H16N2O4S. The number of sulfonamides is 1. The Kier molecular flexibility index (Phi) is 4.16. The Morgan fingerprint density at radius 2 is 1.79 bits per heavy atom. The molecule has 0 spiro atoms. The maximum absolute atomic E-state index is 12.0. The van der Waals surface area contributed by atoms with Crippen LogP contribution in [-0.2, 0) is 10.0 Å². The lowest BCUT2D eigenvalue weighted by molar-refractivity contribution is -0.384. The highest BCUT2D eigenvalue weighted by Crippen LogP contribution is 2.24. The quantitative estimate of drug-likeness (QED) is 0.662. The summed E-state index contributed by atoms with van der Waals surface area (Å²) in [7, 11) is -3.56. The highest BCUT2D eigenvalue weighted by Gasteiger charge is 2.20. The molecule has 1 aromatic carbocycles. The Labute approximate surface area is 112 Å². The smallest absolute Gasteiger partial charge is 0.258 e. The van der Waals surface area contributed by atoms with Crippen LogP contribution in [0.1, 0.15) is 25.7 Å². The molecule has 1 N–H and O–H groups in total. The zero-order chi connectivity index (χ0) is 13.9. The summed E-state index contributed by atoms with van der Waals surface area (Å²) in [5.41, 5.74) is -0.116. The number of hydrogen-bond acceptors (Lipinski definition) is 4. The van der Waals surface area contributed by atoms with Gasteiger partial charge in [-0.2, -0.15) is 0 Å². The molecule has 1 aliphatic carbocycles. The molecule has 0 unspecified atom stereocenters. The average Bonchev–Trinajstić information content (AvgIpc) is 2.90. The number of hydrogen-bond donors (Lipinski definition) is 1. The van der Waals surface area contributed by atoms with Crippen LogP contribution < -0.4 is 4.72 Å². The third kappa shape index (κ3) is 3.51. The Morgan fingerprint density at radius 3 is 2.32 bits per heavy atom. The molecule has 0 saturated heterocycles. The van der Waals surface area contributed by atoms with Gasteiger partial charge in [-0.25, -0.2) is 13.1 Å². The van der Waals surface area contributed by atoms with E-state index in [0.29, 0.717) is 12.5 Å². The molecule has 1 aromatic rings. The molecule has 0 aliphatic heterocycles. The fourth-order valence-corrected chi connectivity index (χ4v) is 3.39. The van der Waals surface area contributed by atoms with Gasteiger partial charge in [0.15, 0.2) is 0 Å². The lowest BCUT2D eigenvalue weighted by Gasteiger charge is -2.11. The molecule has 7 heteroatoms. The van der Waals surface area contributed by atoms with E-state index in [1.54, 1.807) is 0 Å². The third-order valence-electron chi connectivity index (χ3n) is 3.39. The highest BCUT2D eigenvalue weighted by atomic mass is 32.2. The van der Waals surface area contributed by atoms with Gasteiger partial charge in [-0.3, -0.25) is 10.1 Å². The van der Waals surface area contributed by atoms with Crippen molar-refractivity contribution in [3.63, 3.8) is 0 Å². The average molecular weight is 284 g/mol. The molecule has 0 radical (unpaired) electrons. The third-order valence-corrected chi connectivity index (χ3v) is 4.83. The summed E-state index contributed by atoms with van der Waals surface area (Å²) in [5, 5.41) is 10.5. The predicted molar refractivity (Wildman–Crippen MR) is 70.2 cm³/mol. The molecule has 6 nitrogen and oxygen atoms in total. The fraction of sp³-hybridized carbons (Fsp3) is 0.500. The standard InChI is InChI=1S/C12H16N2O4S/c15-14(16)11-5-7-12(8-6-11)19(17,18)13-9-10-3-1-2-4-10/h5-8,10,13H,1-4,9H2. The van der Waals surface area contributed by atoms with Crippen molar-refractivity contribution in [1.82, 2.24) is 4.72 Å². The normalized spacial score (nSPS) is 16.6. The van der Waals surface area contributed by atoms with E-state index in [4.69, 9.17) is 0 Å². The number of non-ortho nitro benzene ring substituents is 1. The molecule has 19 heavy (non-hydrogen) atoms. The van der Waals surface area contributed by atoms with Gasteiger partial charge in [0.05, 0.1) is 9.82 Å². The highest BCUT2D eigenvalue weighted by molar-refractivity contribution is 7.89. The Morgan fingerprint density at radius 1 is 1.21 bits per heavy atom. The predicted octanol–water partition coefficient (Wildman–Crippen LogP) is 2.06. The number of benzene rings is 1. The van der Waals surface area contributed by atoms with Crippen LogP contribution in [0.2, 0.25) is 0 Å². The minimum absolute atomic E-state index is 0.0658. The summed E-state index contributed by atoms with van der Waals surface area (Å²) in [6, 6.07) is 4.92. The maximum Gasteiger partial charge on any atom is 0.269 e. The second-order valence-corrected chi connectivity index (χ2v) is 6.52. The van der Waals surface area contributed by atoms with Crippen molar-refractivity contribution >= 4 is 15.7 Å². The van der Waals surface area contributed by atoms with Crippen LogP contribution in [0.4, 0.5) is 5.69 Å². The van der Waals surface area contributed by atoms with Crippen molar-refractivity contribution in [2.24, 2.45) is 5.92 Å². The van der Waals surface area contributed by atoms with Gasteiger partial charge in [0.2, 0.25) is 10.0 Å². The van der Waals surface area contributed by atoms with Crippen molar-refractivity contribution in [3.8, 4) is 0 Å². The van der Waals surface area contributed by atoms with Crippen molar-refractivity contribution < 1.29 is 13.3 Å². The number of nitrogens with zero attached hydrogens (tertiary/aromatic N) is 1. The van der Waals surface area contributed by atoms with Crippen LogP contribution in [0.15, 0.2) is 29.2 Å². The van der Waals surface area contributed by atoms with Crippen LogP contribution in [0.5, 0.6) is 0 Å². The minimum atomic E-state index is -3.56. The van der Waals surface area contributed by atoms with E-state index >= 15 is 0 Å². The second-order valence-electron chi connectivity index (χ2n) is 4.75. The van der Waals surface area contributed by atoms with Gasteiger partial charge in [0.1, 0.15) is 0 Å². The van der Waals surface area contributed by atoms with Crippen molar-refractivity contribution in [2.45, 2.75) is 30.6 Å². The van der Waals surface area contributed by atoms with Crippen molar-refractivity contribution in [2.75, 3.05) is 6.54 Å². The molecule has 0 aromatic heterocycles. The summed E-state index contributed by atoms with van der Waals surface area (Å²) >= 11 is 0. The molecule has 1 fully saturated rings. The fourth-order valence-electron chi connectivity index (χ4n) is 2.27. The molecule has 0 heterocycles. The zero-order valence-corrected chi connectivity index (χ0v) is 11.2. The summed E-state index contributed by atoms with van der Waals surface area (Å²) < 4.78 is 26.5. The Hall–Kier alpha value is -1.47. The van der Waals surface area contributed by atoms with E-state index in [-0.39, 0.29) is 10.6 Å². The van der Waals surface area contributed by atoms with E-state index in [1.807, 2.05) is 0 Å². The first-order valence-electron chi connectivity index (χ1n) is 6.23. The van der Waals surface area contributed by atoms with Gasteiger partial charge in [0.25, 0.3) is 5.69 Å². The van der Waals surface area contributed by atoms with E-state index < -0.39 is 14.9 Å². The Bertz CT molecular complexity index is 548. The van der Waals surface area contributed by atoms with Gasteiger partial charge in [0, 0.05) is 18.7 Å². The van der Waals surface area contributed by atoms with E-state index in [1.165, 1.54) is 24.3 Å².